The van der Waals surface area contributed by atoms with Crippen LogP contribution in [0.3, 0.4) is 0 Å². The molecule has 1 saturated heterocycles. The van der Waals surface area contributed by atoms with Gasteiger partial charge in [0, 0.05) is 25.9 Å². The Bertz CT molecular complexity index is 232. The fraction of sp³-hybridized carbons (Fsp3) is 0.714. The summed E-state index contributed by atoms with van der Waals surface area (Å²) in [6.45, 7) is -0.365. The number of nitrogens with zero attached hydrogens (tertiary/aromatic N) is 1. The minimum absolute atomic E-state index is 0.182. The molecule has 0 bridgehead atoms. The summed E-state index contributed by atoms with van der Waals surface area (Å²) in [6, 6.07) is 0. The summed E-state index contributed by atoms with van der Waals surface area (Å²) in [4.78, 5) is 21.9. The van der Waals surface area contributed by atoms with Gasteiger partial charge in [-0.25, -0.2) is 13.6 Å². The van der Waals surface area contributed by atoms with E-state index in [2.05, 4.69) is 0 Å². The zero-order valence-corrected chi connectivity index (χ0v) is 6.80. The normalized spacial score (nSPS) is 21.2. The molecule has 0 aromatic rings. The highest BCUT2D eigenvalue weighted by Crippen LogP contribution is 2.27. The van der Waals surface area contributed by atoms with Crippen LogP contribution in [0.2, 0.25) is 0 Å². The largest absolute Gasteiger partial charge is 0.474 e. The van der Waals surface area contributed by atoms with Gasteiger partial charge in [-0.1, -0.05) is 0 Å². The number of halogens is 2. The maximum atomic E-state index is 12.6. The van der Waals surface area contributed by atoms with Gasteiger partial charge < -0.3 is 10.0 Å². The van der Waals surface area contributed by atoms with Crippen LogP contribution in [0.4, 0.5) is 8.78 Å². The Morgan fingerprint density at radius 3 is 2.08 bits per heavy atom. The van der Waals surface area contributed by atoms with Crippen LogP contribution in [-0.2, 0) is 9.59 Å². The van der Waals surface area contributed by atoms with Crippen molar-refractivity contribution in [2.45, 2.75) is 18.8 Å². The Morgan fingerprint density at radius 2 is 1.69 bits per heavy atom. The van der Waals surface area contributed by atoms with Gasteiger partial charge in [-0.2, -0.15) is 0 Å². The zero-order valence-electron chi connectivity index (χ0n) is 6.80. The first-order valence-corrected chi connectivity index (χ1v) is 3.82. The summed E-state index contributed by atoms with van der Waals surface area (Å²) in [5.41, 5.74) is 0. The lowest BCUT2D eigenvalue weighted by Crippen LogP contribution is -2.45. The molecule has 1 N–H and O–H groups in total. The number of aliphatic carboxylic acids is 1. The van der Waals surface area contributed by atoms with Crippen molar-refractivity contribution in [1.82, 2.24) is 4.90 Å². The molecule has 74 valence electrons. The van der Waals surface area contributed by atoms with E-state index in [1.165, 1.54) is 0 Å². The molecule has 0 atom stereocenters. The number of hydrogen-bond acceptors (Lipinski definition) is 2. The lowest BCUT2D eigenvalue weighted by atomic mass is 10.1. The summed E-state index contributed by atoms with van der Waals surface area (Å²) in [5.74, 6) is -5.45. The number of rotatable bonds is 0. The van der Waals surface area contributed by atoms with Gasteiger partial charge in [-0.3, -0.25) is 4.79 Å². The maximum Gasteiger partial charge on any atom is 0.394 e. The second-order valence-electron chi connectivity index (χ2n) is 2.95. The minimum atomic E-state index is -2.75. The summed E-state index contributed by atoms with van der Waals surface area (Å²) < 4.78 is 25.1. The van der Waals surface area contributed by atoms with Gasteiger partial charge in [0.15, 0.2) is 0 Å². The van der Waals surface area contributed by atoms with Crippen LogP contribution in [0.25, 0.3) is 0 Å². The molecule has 1 rings (SSSR count). The van der Waals surface area contributed by atoms with Crippen LogP contribution in [0.1, 0.15) is 12.8 Å². The molecule has 1 aliphatic heterocycles. The predicted octanol–water partition coefficient (Wildman–Crippen LogP) is 0.329. The van der Waals surface area contributed by atoms with Gasteiger partial charge in [-0.05, 0) is 0 Å². The molecular formula is C7H9F2NO3. The number of carbonyl (C=O) groups excluding carboxylic acids is 1. The van der Waals surface area contributed by atoms with E-state index in [1.54, 1.807) is 0 Å². The summed E-state index contributed by atoms with van der Waals surface area (Å²) >= 11 is 0. The summed E-state index contributed by atoms with van der Waals surface area (Å²) in [6.07, 6.45) is -0.905. The molecule has 0 saturated carbocycles. The van der Waals surface area contributed by atoms with E-state index in [0.717, 1.165) is 4.90 Å². The zero-order chi connectivity index (χ0) is 10.1. The van der Waals surface area contributed by atoms with Gasteiger partial charge in [0.2, 0.25) is 0 Å². The summed E-state index contributed by atoms with van der Waals surface area (Å²) in [7, 11) is 0. The van der Waals surface area contributed by atoms with Gasteiger partial charge in [0.25, 0.3) is 5.92 Å². The molecular weight excluding hydrogens is 184 g/mol. The van der Waals surface area contributed by atoms with E-state index in [9.17, 15) is 18.4 Å². The van der Waals surface area contributed by atoms with E-state index < -0.39 is 30.6 Å². The number of carboxylic acid groups (broad SMARTS) is 1. The molecule has 0 unspecified atom stereocenters. The second-order valence-corrected chi connectivity index (χ2v) is 2.95. The number of amides is 1. The Morgan fingerprint density at radius 1 is 1.23 bits per heavy atom. The highest BCUT2D eigenvalue weighted by molar-refractivity contribution is 6.31. The molecule has 0 aliphatic carbocycles. The van der Waals surface area contributed by atoms with Crippen LogP contribution in [0, 0.1) is 0 Å². The fourth-order valence-corrected chi connectivity index (χ4v) is 1.17. The van der Waals surface area contributed by atoms with Crippen molar-refractivity contribution in [3.63, 3.8) is 0 Å². The molecule has 6 heteroatoms. The maximum absolute atomic E-state index is 12.6. The average molecular weight is 193 g/mol. The quantitative estimate of drug-likeness (QED) is 0.564. The molecule has 1 aliphatic rings. The number of alkyl halides is 2. The first-order valence-electron chi connectivity index (χ1n) is 3.82. The van der Waals surface area contributed by atoms with Crippen molar-refractivity contribution >= 4 is 11.9 Å². The average Bonchev–Trinajstić information content (AvgIpc) is 2.03. The van der Waals surface area contributed by atoms with Crippen molar-refractivity contribution in [1.29, 1.82) is 0 Å². The topological polar surface area (TPSA) is 57.6 Å². The highest BCUT2D eigenvalue weighted by atomic mass is 19.3. The molecule has 1 fully saturated rings. The summed E-state index contributed by atoms with van der Waals surface area (Å²) in [5, 5.41) is 8.29. The molecule has 0 aromatic carbocycles. The van der Waals surface area contributed by atoms with Crippen molar-refractivity contribution in [2.75, 3.05) is 13.1 Å². The van der Waals surface area contributed by atoms with E-state index >= 15 is 0 Å². The fourth-order valence-electron chi connectivity index (χ4n) is 1.17. The standard InChI is InChI=1S/C7H9F2NO3/c8-7(9)1-3-10(4-2-7)5(11)6(12)13/h1-4H2,(H,12,13). The number of carboxylic acids is 1. The smallest absolute Gasteiger partial charge is 0.394 e. The van der Waals surface area contributed by atoms with Gasteiger partial charge in [-0.15, -0.1) is 0 Å². The first kappa shape index (κ1) is 9.88. The number of piperidine rings is 1. The first-order chi connectivity index (χ1) is 5.92. The van der Waals surface area contributed by atoms with Crippen LogP contribution < -0.4 is 0 Å². The Kier molecular flexibility index (Phi) is 2.49. The van der Waals surface area contributed by atoms with Crippen molar-refractivity contribution in [3.05, 3.63) is 0 Å². The molecule has 1 heterocycles. The van der Waals surface area contributed by atoms with E-state index in [4.69, 9.17) is 5.11 Å². The lowest BCUT2D eigenvalue weighted by molar-refractivity contribution is -0.159. The van der Waals surface area contributed by atoms with Crippen molar-refractivity contribution in [3.8, 4) is 0 Å². The van der Waals surface area contributed by atoms with E-state index in [-0.39, 0.29) is 13.1 Å². The Balaban J connectivity index is 2.50. The Hall–Kier alpha value is -1.20. The molecule has 1 amide bonds. The third-order valence-electron chi connectivity index (χ3n) is 1.97. The lowest BCUT2D eigenvalue weighted by Gasteiger charge is -2.30. The monoisotopic (exact) mass is 193 g/mol. The molecule has 4 nitrogen and oxygen atoms in total. The van der Waals surface area contributed by atoms with Crippen molar-refractivity contribution < 1.29 is 23.5 Å². The molecule has 0 spiro atoms. The molecule has 0 radical (unpaired) electrons. The van der Waals surface area contributed by atoms with E-state index in [1.807, 2.05) is 0 Å². The Labute approximate surface area is 73.1 Å². The highest BCUT2D eigenvalue weighted by Gasteiger charge is 2.36. The van der Waals surface area contributed by atoms with Gasteiger partial charge in [0.1, 0.15) is 0 Å². The van der Waals surface area contributed by atoms with E-state index in [0.29, 0.717) is 0 Å². The van der Waals surface area contributed by atoms with Gasteiger partial charge in [0.05, 0.1) is 0 Å². The van der Waals surface area contributed by atoms with Crippen LogP contribution in [0.15, 0.2) is 0 Å². The van der Waals surface area contributed by atoms with Crippen LogP contribution in [0.5, 0.6) is 0 Å². The molecule has 13 heavy (non-hydrogen) atoms. The predicted molar refractivity (Wildman–Crippen MR) is 38.4 cm³/mol. The third kappa shape index (κ3) is 2.37. The molecule has 0 aromatic heterocycles. The van der Waals surface area contributed by atoms with Crippen LogP contribution in [-0.4, -0.2) is 40.9 Å². The number of hydrogen-bond donors (Lipinski definition) is 1. The second kappa shape index (κ2) is 3.27. The number of carbonyl (C=O) groups is 2. The SMILES string of the molecule is O=C(O)C(=O)N1CCC(F)(F)CC1. The van der Waals surface area contributed by atoms with Crippen molar-refractivity contribution in [2.24, 2.45) is 0 Å². The van der Waals surface area contributed by atoms with Crippen LogP contribution >= 0.6 is 0 Å². The number of likely N-dealkylation sites (tertiary alicyclic amines) is 1. The third-order valence-corrected chi connectivity index (χ3v) is 1.97. The minimum Gasteiger partial charge on any atom is -0.474 e. The van der Waals surface area contributed by atoms with Gasteiger partial charge >= 0.3 is 11.9 Å².